The van der Waals surface area contributed by atoms with E-state index in [1.165, 1.54) is 4.90 Å². The molecular weight excluding hydrogens is 332 g/mol. The summed E-state index contributed by atoms with van der Waals surface area (Å²) in [4.78, 5) is 29.6. The number of carbonyl (C=O) groups is 2. The van der Waals surface area contributed by atoms with E-state index < -0.39 is 6.03 Å². The third-order valence-electron chi connectivity index (χ3n) is 4.59. The highest BCUT2D eigenvalue weighted by molar-refractivity contribution is 5.84. The highest BCUT2D eigenvalue weighted by Crippen LogP contribution is 2.23. The number of nitrogens with one attached hydrogen (secondary N) is 1. The summed E-state index contributed by atoms with van der Waals surface area (Å²) in [7, 11) is 0. The minimum absolute atomic E-state index is 0.0635. The maximum Gasteiger partial charge on any atom is 0.314 e. The number of fused-ring (bicyclic) bond motifs is 1. The first kappa shape index (κ1) is 18.0. The van der Waals surface area contributed by atoms with Gasteiger partial charge in [-0.3, -0.25) is 4.79 Å². The average Bonchev–Trinajstić information content (AvgIpc) is 2.65. The summed E-state index contributed by atoms with van der Waals surface area (Å²) in [5.74, 6) is 0.433. The number of benzene rings is 1. The second kappa shape index (κ2) is 8.03. The number of likely N-dealkylation sites (tertiary alicyclic amines) is 1. The van der Waals surface area contributed by atoms with Gasteiger partial charge in [-0.25, -0.2) is 9.78 Å². The number of hydrogen-bond donors (Lipinski definition) is 2. The van der Waals surface area contributed by atoms with Crippen molar-refractivity contribution in [1.29, 1.82) is 0 Å². The lowest BCUT2D eigenvalue weighted by atomic mass is 9.97. The van der Waals surface area contributed by atoms with Crippen LogP contribution >= 0.6 is 0 Å². The quantitative estimate of drug-likeness (QED) is 0.799. The van der Waals surface area contributed by atoms with E-state index in [-0.39, 0.29) is 11.8 Å². The second-order valence-corrected chi connectivity index (χ2v) is 6.54. The number of piperidine rings is 1. The van der Waals surface area contributed by atoms with Crippen LogP contribution < -0.4 is 15.8 Å². The number of aryl methyl sites for hydroxylation is 1. The van der Waals surface area contributed by atoms with Crippen molar-refractivity contribution in [3.8, 4) is 5.75 Å². The number of primary amides is 1. The van der Waals surface area contributed by atoms with Crippen molar-refractivity contribution in [2.45, 2.75) is 19.8 Å². The lowest BCUT2D eigenvalue weighted by Crippen LogP contribution is -2.47. The number of carbonyl (C=O) groups excluding carboxylic acids is 2. The Balaban J connectivity index is 1.51. The molecule has 7 nitrogen and oxygen atoms in total. The zero-order valence-corrected chi connectivity index (χ0v) is 14.9. The summed E-state index contributed by atoms with van der Waals surface area (Å²) in [6.45, 7) is 3.70. The second-order valence-electron chi connectivity index (χ2n) is 6.54. The molecule has 1 saturated heterocycles. The smallest absolute Gasteiger partial charge is 0.314 e. The van der Waals surface area contributed by atoms with Crippen molar-refractivity contribution in [2.75, 3.05) is 26.2 Å². The number of rotatable bonds is 5. The van der Waals surface area contributed by atoms with E-state index in [4.69, 9.17) is 10.5 Å². The molecular formula is C19H24N4O3. The molecule has 1 aromatic heterocycles. The van der Waals surface area contributed by atoms with Crippen molar-refractivity contribution in [1.82, 2.24) is 15.2 Å². The van der Waals surface area contributed by atoms with Crippen LogP contribution in [0.4, 0.5) is 4.79 Å². The monoisotopic (exact) mass is 356 g/mol. The minimum Gasteiger partial charge on any atom is -0.489 e. The van der Waals surface area contributed by atoms with Crippen molar-refractivity contribution in [3.63, 3.8) is 0 Å². The molecule has 1 aromatic carbocycles. The molecule has 1 aliphatic rings. The molecule has 3 N–H and O–H groups in total. The number of nitrogens with zero attached hydrogens (tertiary/aromatic N) is 2. The lowest BCUT2D eigenvalue weighted by Gasteiger charge is -2.30. The fourth-order valence-electron chi connectivity index (χ4n) is 3.20. The third-order valence-corrected chi connectivity index (χ3v) is 4.59. The number of pyridine rings is 1. The Labute approximate surface area is 152 Å². The van der Waals surface area contributed by atoms with Crippen LogP contribution in [0.1, 0.15) is 18.5 Å². The van der Waals surface area contributed by atoms with Gasteiger partial charge < -0.3 is 20.7 Å². The maximum atomic E-state index is 12.3. The summed E-state index contributed by atoms with van der Waals surface area (Å²) >= 11 is 0. The Morgan fingerprint density at radius 2 is 2.19 bits per heavy atom. The van der Waals surface area contributed by atoms with Gasteiger partial charge in [0.1, 0.15) is 17.9 Å². The SMILES string of the molecule is Cc1ccc2cccc(OCCNC(=O)[C@H]3CCCN(C(N)=O)C3)c2n1. The Bertz CT molecular complexity index is 808. The molecule has 0 unspecified atom stereocenters. The van der Waals surface area contributed by atoms with Gasteiger partial charge >= 0.3 is 6.03 Å². The number of ether oxygens (including phenoxy) is 1. The fraction of sp³-hybridized carbons (Fsp3) is 0.421. The number of hydrogen-bond acceptors (Lipinski definition) is 4. The van der Waals surface area contributed by atoms with Crippen molar-refractivity contribution in [2.24, 2.45) is 11.7 Å². The van der Waals surface area contributed by atoms with Gasteiger partial charge in [-0.1, -0.05) is 18.2 Å². The Hall–Kier alpha value is -2.83. The zero-order valence-electron chi connectivity index (χ0n) is 14.9. The van der Waals surface area contributed by atoms with Gasteiger partial charge in [0, 0.05) is 24.2 Å². The summed E-state index contributed by atoms with van der Waals surface area (Å²) in [6.07, 6.45) is 1.56. The number of amides is 3. The Kier molecular flexibility index (Phi) is 5.55. The van der Waals surface area contributed by atoms with Crippen molar-refractivity contribution < 1.29 is 14.3 Å². The van der Waals surface area contributed by atoms with Crippen molar-refractivity contribution in [3.05, 3.63) is 36.0 Å². The maximum absolute atomic E-state index is 12.3. The minimum atomic E-state index is -0.468. The van der Waals surface area contributed by atoms with Gasteiger partial charge in [0.25, 0.3) is 0 Å². The fourth-order valence-corrected chi connectivity index (χ4v) is 3.20. The predicted molar refractivity (Wildman–Crippen MR) is 98.9 cm³/mol. The number of urea groups is 1. The molecule has 1 atom stereocenters. The van der Waals surface area contributed by atoms with E-state index in [9.17, 15) is 9.59 Å². The van der Waals surface area contributed by atoms with Crippen LogP contribution in [0.25, 0.3) is 10.9 Å². The molecule has 0 aliphatic carbocycles. The molecule has 26 heavy (non-hydrogen) atoms. The molecule has 0 radical (unpaired) electrons. The molecule has 138 valence electrons. The first-order valence-corrected chi connectivity index (χ1v) is 8.86. The summed E-state index contributed by atoms with van der Waals surface area (Å²) in [5, 5.41) is 3.90. The molecule has 1 fully saturated rings. The molecule has 2 heterocycles. The van der Waals surface area contributed by atoms with Gasteiger partial charge in [-0.05, 0) is 31.9 Å². The van der Waals surface area contributed by atoms with Gasteiger partial charge in [-0.15, -0.1) is 0 Å². The van der Waals surface area contributed by atoms with Crippen LogP contribution in [0.2, 0.25) is 0 Å². The summed E-state index contributed by atoms with van der Waals surface area (Å²) in [5.41, 5.74) is 7.05. The van der Waals surface area contributed by atoms with Gasteiger partial charge in [-0.2, -0.15) is 0 Å². The van der Waals surface area contributed by atoms with E-state index in [0.717, 1.165) is 29.4 Å². The van der Waals surface area contributed by atoms with Gasteiger partial charge in [0.05, 0.1) is 12.5 Å². The standard InChI is InChI=1S/C19H24N4O3/c1-13-7-8-14-4-2-6-16(17(14)22-13)26-11-9-21-18(24)15-5-3-10-23(12-15)19(20)25/h2,4,6-8,15H,3,5,9-12H2,1H3,(H2,20,25)(H,21,24)/t15-/m0/s1. The number of aromatic nitrogens is 1. The normalized spacial score (nSPS) is 17.1. The Morgan fingerprint density at radius 3 is 3.00 bits per heavy atom. The zero-order chi connectivity index (χ0) is 18.5. The molecule has 3 rings (SSSR count). The third kappa shape index (κ3) is 4.22. The van der Waals surface area contributed by atoms with Gasteiger partial charge in [0.2, 0.25) is 5.91 Å². The molecule has 1 aliphatic heterocycles. The molecule has 3 amide bonds. The van der Waals surface area contributed by atoms with E-state index in [2.05, 4.69) is 10.3 Å². The summed E-state index contributed by atoms with van der Waals surface area (Å²) in [6, 6.07) is 9.30. The van der Waals surface area contributed by atoms with Crippen LogP contribution in [0.15, 0.2) is 30.3 Å². The molecule has 0 saturated carbocycles. The average molecular weight is 356 g/mol. The highest BCUT2D eigenvalue weighted by Gasteiger charge is 2.27. The van der Waals surface area contributed by atoms with Crippen molar-refractivity contribution >= 4 is 22.8 Å². The first-order chi connectivity index (χ1) is 12.5. The van der Waals surface area contributed by atoms with Crippen LogP contribution in [0.3, 0.4) is 0 Å². The molecule has 0 spiro atoms. The number of nitrogens with two attached hydrogens (primary N) is 1. The number of para-hydroxylation sites is 1. The topological polar surface area (TPSA) is 97.5 Å². The van der Waals surface area contributed by atoms with E-state index >= 15 is 0 Å². The highest BCUT2D eigenvalue weighted by atomic mass is 16.5. The molecule has 7 heteroatoms. The first-order valence-electron chi connectivity index (χ1n) is 8.86. The van der Waals surface area contributed by atoms with Crippen LogP contribution in [-0.4, -0.2) is 48.1 Å². The molecule has 2 aromatic rings. The van der Waals surface area contributed by atoms with Gasteiger partial charge in [0.15, 0.2) is 0 Å². The Morgan fingerprint density at radius 1 is 1.35 bits per heavy atom. The van der Waals surface area contributed by atoms with Crippen LogP contribution in [0.5, 0.6) is 5.75 Å². The predicted octanol–water partition coefficient (Wildman–Crippen LogP) is 1.83. The van der Waals surface area contributed by atoms with Crippen LogP contribution in [-0.2, 0) is 4.79 Å². The van der Waals surface area contributed by atoms with E-state index in [0.29, 0.717) is 32.0 Å². The largest absolute Gasteiger partial charge is 0.489 e. The molecule has 0 bridgehead atoms. The van der Waals surface area contributed by atoms with Crippen LogP contribution in [0, 0.1) is 12.8 Å². The van der Waals surface area contributed by atoms with E-state index in [1.54, 1.807) is 0 Å². The lowest BCUT2D eigenvalue weighted by molar-refractivity contribution is -0.126. The summed E-state index contributed by atoms with van der Waals surface area (Å²) < 4.78 is 5.81. The van der Waals surface area contributed by atoms with E-state index in [1.807, 2.05) is 37.3 Å².